The lowest BCUT2D eigenvalue weighted by atomic mass is 9.94. The molecule has 1 aliphatic rings. The summed E-state index contributed by atoms with van der Waals surface area (Å²) in [6, 6.07) is 12.6. The van der Waals surface area contributed by atoms with E-state index in [1.807, 2.05) is 56.3 Å². The summed E-state index contributed by atoms with van der Waals surface area (Å²) in [4.78, 5) is 25.0. The summed E-state index contributed by atoms with van der Waals surface area (Å²) in [7, 11) is 0. The second-order valence-electron chi connectivity index (χ2n) is 6.39. The molecule has 1 aliphatic heterocycles. The fraction of sp³-hybridized carbons (Fsp3) is 0.200. The largest absolute Gasteiger partial charge is 0.327 e. The molecule has 26 heavy (non-hydrogen) atoms. The van der Waals surface area contributed by atoms with Crippen LogP contribution in [0.25, 0.3) is 0 Å². The molecule has 0 radical (unpaired) electrons. The van der Waals surface area contributed by atoms with E-state index in [4.69, 9.17) is 0 Å². The maximum Gasteiger partial charge on any atom is 0.319 e. The zero-order valence-electron chi connectivity index (χ0n) is 14.8. The topological polar surface area (TPSA) is 70.2 Å². The van der Waals surface area contributed by atoms with Crippen LogP contribution in [0.5, 0.6) is 0 Å². The van der Waals surface area contributed by atoms with Crippen LogP contribution in [-0.4, -0.2) is 11.9 Å². The van der Waals surface area contributed by atoms with Gasteiger partial charge in [0.1, 0.15) is 0 Å². The van der Waals surface area contributed by atoms with Gasteiger partial charge in [0, 0.05) is 15.9 Å². The highest BCUT2D eigenvalue weighted by atomic mass is 79.9. The highest BCUT2D eigenvalue weighted by Crippen LogP contribution is 2.29. The molecule has 3 amide bonds. The molecule has 1 heterocycles. The van der Waals surface area contributed by atoms with E-state index in [-0.39, 0.29) is 11.9 Å². The van der Waals surface area contributed by atoms with E-state index in [1.165, 1.54) is 0 Å². The molecule has 0 saturated carbocycles. The first-order valence-electron chi connectivity index (χ1n) is 8.27. The molecule has 0 saturated heterocycles. The van der Waals surface area contributed by atoms with Crippen LogP contribution in [0.4, 0.5) is 10.5 Å². The number of rotatable bonds is 3. The lowest BCUT2D eigenvalue weighted by Crippen LogP contribution is -2.46. The molecule has 0 spiro atoms. The molecule has 0 bridgehead atoms. The third kappa shape index (κ3) is 3.80. The first-order valence-corrected chi connectivity index (χ1v) is 9.07. The molecule has 0 fully saturated rings. The Bertz CT molecular complexity index is 904. The van der Waals surface area contributed by atoms with Gasteiger partial charge in [0.25, 0.3) is 5.91 Å². The van der Waals surface area contributed by atoms with Crippen molar-refractivity contribution in [2.24, 2.45) is 0 Å². The highest BCUT2D eigenvalue weighted by molar-refractivity contribution is 9.10. The predicted molar refractivity (Wildman–Crippen MR) is 106 cm³/mol. The predicted octanol–water partition coefficient (Wildman–Crippen LogP) is 4.33. The van der Waals surface area contributed by atoms with Gasteiger partial charge in [-0.05, 0) is 55.7 Å². The molecule has 3 rings (SSSR count). The van der Waals surface area contributed by atoms with Crippen molar-refractivity contribution < 1.29 is 9.59 Å². The minimum atomic E-state index is -0.512. The molecule has 1 atom stereocenters. The number of allylic oxidation sites excluding steroid dienone is 1. The van der Waals surface area contributed by atoms with Crippen molar-refractivity contribution in [2.75, 3.05) is 5.32 Å². The zero-order valence-corrected chi connectivity index (χ0v) is 16.4. The summed E-state index contributed by atoms with van der Waals surface area (Å²) >= 11 is 3.41. The maximum absolute atomic E-state index is 13.0. The second kappa shape index (κ2) is 7.33. The molecule has 134 valence electrons. The van der Waals surface area contributed by atoms with Crippen molar-refractivity contribution in [2.45, 2.75) is 26.8 Å². The molecule has 0 aliphatic carbocycles. The molecule has 5 nitrogen and oxygen atoms in total. The van der Waals surface area contributed by atoms with Crippen LogP contribution in [0.2, 0.25) is 0 Å². The monoisotopic (exact) mass is 413 g/mol. The summed E-state index contributed by atoms with van der Waals surface area (Å²) < 4.78 is 0.934. The number of anilines is 1. The number of hydrogen-bond donors (Lipinski definition) is 3. The highest BCUT2D eigenvalue weighted by Gasteiger charge is 2.31. The van der Waals surface area contributed by atoms with Crippen molar-refractivity contribution >= 4 is 33.6 Å². The summed E-state index contributed by atoms with van der Waals surface area (Å²) in [5.74, 6) is -0.239. The van der Waals surface area contributed by atoms with E-state index in [9.17, 15) is 9.59 Å². The van der Waals surface area contributed by atoms with Crippen LogP contribution in [0.15, 0.2) is 58.2 Å². The van der Waals surface area contributed by atoms with E-state index in [1.54, 1.807) is 6.92 Å². The molecule has 2 aromatic rings. The standard InChI is InChI=1S/C20H20BrN3O2/c1-11-4-5-12(2)16(10-11)23-19(25)17-13(3)22-20(26)24-18(17)14-6-8-15(21)9-7-14/h4-10,18H,1-3H3,(H,23,25)(H2,22,24,26). The Morgan fingerprint density at radius 1 is 1.08 bits per heavy atom. The summed E-state index contributed by atoms with van der Waals surface area (Å²) in [6.07, 6.45) is 0. The Hall–Kier alpha value is -2.60. The third-order valence-electron chi connectivity index (χ3n) is 4.36. The Morgan fingerprint density at radius 3 is 2.46 bits per heavy atom. The summed E-state index contributed by atoms with van der Waals surface area (Å²) in [5, 5.41) is 8.51. The SMILES string of the molecule is CC1=C(C(=O)Nc2cc(C)ccc2C)C(c2ccc(Br)cc2)NC(=O)N1. The fourth-order valence-corrected chi connectivity index (χ4v) is 3.22. The van der Waals surface area contributed by atoms with E-state index in [0.717, 1.165) is 26.9 Å². The average molecular weight is 414 g/mol. The number of aryl methyl sites for hydroxylation is 2. The molecule has 2 aromatic carbocycles. The van der Waals surface area contributed by atoms with Gasteiger partial charge < -0.3 is 16.0 Å². The second-order valence-corrected chi connectivity index (χ2v) is 7.31. The van der Waals surface area contributed by atoms with Gasteiger partial charge in [0.05, 0.1) is 11.6 Å². The Morgan fingerprint density at radius 2 is 1.77 bits per heavy atom. The lowest BCUT2D eigenvalue weighted by molar-refractivity contribution is -0.113. The van der Waals surface area contributed by atoms with Gasteiger partial charge in [-0.15, -0.1) is 0 Å². The number of carbonyl (C=O) groups is 2. The van der Waals surface area contributed by atoms with Crippen molar-refractivity contribution in [1.29, 1.82) is 0 Å². The van der Waals surface area contributed by atoms with Crippen LogP contribution in [0, 0.1) is 13.8 Å². The summed E-state index contributed by atoms with van der Waals surface area (Å²) in [5.41, 5.74) is 4.69. The van der Waals surface area contributed by atoms with Crippen LogP contribution < -0.4 is 16.0 Å². The number of hydrogen-bond acceptors (Lipinski definition) is 2. The Balaban J connectivity index is 1.96. The van der Waals surface area contributed by atoms with Crippen molar-refractivity contribution in [3.05, 3.63) is 74.9 Å². The molecule has 1 unspecified atom stereocenters. The van der Waals surface area contributed by atoms with Gasteiger partial charge in [0.2, 0.25) is 0 Å². The van der Waals surface area contributed by atoms with E-state index in [2.05, 4.69) is 31.9 Å². The van der Waals surface area contributed by atoms with Gasteiger partial charge >= 0.3 is 6.03 Å². The van der Waals surface area contributed by atoms with Gasteiger partial charge in [0.15, 0.2) is 0 Å². The molecular weight excluding hydrogens is 394 g/mol. The van der Waals surface area contributed by atoms with Gasteiger partial charge in [-0.2, -0.15) is 0 Å². The van der Waals surface area contributed by atoms with Crippen LogP contribution in [0.3, 0.4) is 0 Å². The average Bonchev–Trinajstić information content (AvgIpc) is 2.58. The summed E-state index contributed by atoms with van der Waals surface area (Å²) in [6.45, 7) is 5.67. The van der Waals surface area contributed by atoms with Crippen LogP contribution in [0.1, 0.15) is 29.7 Å². The van der Waals surface area contributed by atoms with E-state index >= 15 is 0 Å². The number of benzene rings is 2. The number of amides is 3. The van der Waals surface area contributed by atoms with Gasteiger partial charge in [-0.25, -0.2) is 4.79 Å². The van der Waals surface area contributed by atoms with E-state index in [0.29, 0.717) is 11.3 Å². The number of carbonyl (C=O) groups excluding carboxylic acids is 2. The van der Waals surface area contributed by atoms with Crippen LogP contribution in [-0.2, 0) is 4.79 Å². The number of halogens is 1. The third-order valence-corrected chi connectivity index (χ3v) is 4.89. The Labute approximate surface area is 161 Å². The minimum Gasteiger partial charge on any atom is -0.327 e. The quantitative estimate of drug-likeness (QED) is 0.700. The molecule has 0 aromatic heterocycles. The molecular formula is C20H20BrN3O2. The van der Waals surface area contributed by atoms with Crippen molar-refractivity contribution in [3.63, 3.8) is 0 Å². The first kappa shape index (κ1) is 18.2. The molecule has 6 heteroatoms. The van der Waals surface area contributed by atoms with Crippen molar-refractivity contribution in [1.82, 2.24) is 10.6 Å². The Kier molecular flexibility index (Phi) is 5.13. The number of nitrogens with one attached hydrogen (secondary N) is 3. The van der Waals surface area contributed by atoms with E-state index < -0.39 is 6.04 Å². The smallest absolute Gasteiger partial charge is 0.319 e. The maximum atomic E-state index is 13.0. The minimum absolute atomic E-state index is 0.239. The lowest BCUT2D eigenvalue weighted by Gasteiger charge is -2.29. The normalized spacial score (nSPS) is 16.8. The van der Waals surface area contributed by atoms with Gasteiger partial charge in [-0.1, -0.05) is 40.2 Å². The first-order chi connectivity index (χ1) is 12.3. The number of urea groups is 1. The van der Waals surface area contributed by atoms with Gasteiger partial charge in [-0.3, -0.25) is 4.79 Å². The fourth-order valence-electron chi connectivity index (χ4n) is 2.96. The van der Waals surface area contributed by atoms with Crippen molar-refractivity contribution in [3.8, 4) is 0 Å². The molecule has 3 N–H and O–H groups in total. The zero-order chi connectivity index (χ0) is 18.8. The van der Waals surface area contributed by atoms with Crippen LogP contribution >= 0.6 is 15.9 Å².